The lowest BCUT2D eigenvalue weighted by molar-refractivity contribution is -0.274. The zero-order valence-corrected chi connectivity index (χ0v) is 11.9. The third-order valence-corrected chi connectivity index (χ3v) is 2.71. The number of nitrogens with zero attached hydrogens (tertiary/aromatic N) is 1. The third-order valence-electron chi connectivity index (χ3n) is 2.71. The van der Waals surface area contributed by atoms with Gasteiger partial charge < -0.3 is 9.64 Å². The fraction of sp³-hybridized carbons (Fsp3) is 0.500. The van der Waals surface area contributed by atoms with Crippen LogP contribution in [0.3, 0.4) is 0 Å². The number of carbonyl (C=O) groups is 1. The molecule has 0 aromatic heterocycles. The molecule has 0 bridgehead atoms. The van der Waals surface area contributed by atoms with Crippen LogP contribution in [0.5, 0.6) is 5.75 Å². The van der Waals surface area contributed by atoms with Crippen molar-refractivity contribution >= 4 is 5.91 Å². The van der Waals surface area contributed by atoms with Gasteiger partial charge in [-0.1, -0.05) is 0 Å². The Morgan fingerprint density at radius 2 is 1.65 bits per heavy atom. The predicted octanol–water partition coefficient (Wildman–Crippen LogP) is 3.85. The highest BCUT2D eigenvalue weighted by Crippen LogP contribution is 2.24. The van der Waals surface area contributed by atoms with Crippen LogP contribution >= 0.6 is 0 Å². The molecule has 3 nitrogen and oxygen atoms in total. The van der Waals surface area contributed by atoms with Gasteiger partial charge in [-0.05, 0) is 52.0 Å². The van der Waals surface area contributed by atoms with Crippen LogP contribution in [-0.2, 0) is 0 Å². The maximum absolute atomic E-state index is 12.3. The number of benzene rings is 1. The number of ether oxygens (including phenoxy) is 1. The Hall–Kier alpha value is -1.72. The number of carbonyl (C=O) groups excluding carboxylic acids is 1. The zero-order valence-electron chi connectivity index (χ0n) is 11.9. The molecule has 20 heavy (non-hydrogen) atoms. The molecule has 0 N–H and O–H groups in total. The van der Waals surface area contributed by atoms with E-state index >= 15 is 0 Å². The van der Waals surface area contributed by atoms with E-state index in [0.717, 1.165) is 12.1 Å². The Kier molecular flexibility index (Phi) is 4.68. The van der Waals surface area contributed by atoms with Crippen molar-refractivity contribution in [1.82, 2.24) is 4.90 Å². The molecule has 0 heterocycles. The first-order valence-corrected chi connectivity index (χ1v) is 6.22. The van der Waals surface area contributed by atoms with Crippen molar-refractivity contribution in [3.8, 4) is 5.75 Å². The topological polar surface area (TPSA) is 29.5 Å². The normalized spacial score (nSPS) is 12.2. The number of hydrogen-bond donors (Lipinski definition) is 0. The lowest BCUT2D eigenvalue weighted by Crippen LogP contribution is -2.45. The molecule has 1 rings (SSSR count). The maximum Gasteiger partial charge on any atom is 0.573 e. The van der Waals surface area contributed by atoms with Crippen LogP contribution in [0.25, 0.3) is 0 Å². The van der Waals surface area contributed by atoms with Gasteiger partial charge in [0, 0.05) is 17.6 Å². The van der Waals surface area contributed by atoms with Crippen molar-refractivity contribution in [1.29, 1.82) is 0 Å². The highest BCUT2D eigenvalue weighted by Gasteiger charge is 2.31. The van der Waals surface area contributed by atoms with Crippen molar-refractivity contribution < 1.29 is 22.7 Å². The molecule has 0 fully saturated rings. The standard InChI is InChI=1S/C14H18F3NO2/c1-5-18(13(2,3)4)12(19)10-6-8-11(9-7-10)20-14(15,16)17/h6-9H,5H2,1-4H3. The van der Waals surface area contributed by atoms with Crippen molar-refractivity contribution in [2.75, 3.05) is 6.54 Å². The number of amides is 1. The van der Waals surface area contributed by atoms with E-state index in [1.165, 1.54) is 12.1 Å². The maximum atomic E-state index is 12.3. The molecule has 0 aliphatic rings. The van der Waals surface area contributed by atoms with E-state index in [1.807, 2.05) is 27.7 Å². The van der Waals surface area contributed by atoms with Crippen LogP contribution in [0.1, 0.15) is 38.1 Å². The lowest BCUT2D eigenvalue weighted by Gasteiger charge is -2.34. The van der Waals surface area contributed by atoms with Gasteiger partial charge in [0.05, 0.1) is 0 Å². The summed E-state index contributed by atoms with van der Waals surface area (Å²) >= 11 is 0. The van der Waals surface area contributed by atoms with Gasteiger partial charge in [0.2, 0.25) is 0 Å². The summed E-state index contributed by atoms with van der Waals surface area (Å²) in [5, 5.41) is 0. The molecule has 1 amide bonds. The van der Waals surface area contributed by atoms with Gasteiger partial charge in [0.15, 0.2) is 0 Å². The molecule has 0 saturated carbocycles. The Bertz CT molecular complexity index is 461. The summed E-state index contributed by atoms with van der Waals surface area (Å²) in [7, 11) is 0. The van der Waals surface area contributed by atoms with Crippen LogP contribution in [0.4, 0.5) is 13.2 Å². The lowest BCUT2D eigenvalue weighted by atomic mass is 10.0. The minimum absolute atomic E-state index is 0.224. The molecule has 0 atom stereocenters. The van der Waals surface area contributed by atoms with Crippen LogP contribution < -0.4 is 4.74 Å². The zero-order chi connectivity index (χ0) is 15.6. The fourth-order valence-corrected chi connectivity index (χ4v) is 1.88. The average Bonchev–Trinajstić information content (AvgIpc) is 2.26. The van der Waals surface area contributed by atoms with Crippen LogP contribution in [0.15, 0.2) is 24.3 Å². The summed E-state index contributed by atoms with van der Waals surface area (Å²) in [5.41, 5.74) is -0.0243. The average molecular weight is 289 g/mol. The SMILES string of the molecule is CCN(C(=O)c1ccc(OC(F)(F)F)cc1)C(C)(C)C. The monoisotopic (exact) mass is 289 g/mol. The number of halogens is 3. The third kappa shape index (κ3) is 4.43. The van der Waals surface area contributed by atoms with Gasteiger partial charge in [-0.2, -0.15) is 0 Å². The molecule has 0 unspecified atom stereocenters. The predicted molar refractivity (Wildman–Crippen MR) is 69.6 cm³/mol. The smallest absolute Gasteiger partial charge is 0.406 e. The van der Waals surface area contributed by atoms with Crippen LogP contribution in [0.2, 0.25) is 0 Å². The summed E-state index contributed by atoms with van der Waals surface area (Å²) in [5.74, 6) is -0.564. The second kappa shape index (κ2) is 5.73. The number of alkyl halides is 3. The van der Waals surface area contributed by atoms with Gasteiger partial charge in [-0.25, -0.2) is 0 Å². The van der Waals surface area contributed by atoms with Crippen molar-refractivity contribution in [3.63, 3.8) is 0 Å². The van der Waals surface area contributed by atoms with E-state index in [1.54, 1.807) is 4.90 Å². The van der Waals surface area contributed by atoms with E-state index in [4.69, 9.17) is 0 Å². The Morgan fingerprint density at radius 1 is 1.15 bits per heavy atom. The molecule has 6 heteroatoms. The van der Waals surface area contributed by atoms with E-state index in [2.05, 4.69) is 4.74 Å². The minimum Gasteiger partial charge on any atom is -0.406 e. The molecular formula is C14H18F3NO2. The van der Waals surface area contributed by atoms with Gasteiger partial charge in [-0.15, -0.1) is 13.2 Å². The van der Waals surface area contributed by atoms with Gasteiger partial charge in [0.25, 0.3) is 5.91 Å². The Labute approximate surface area is 116 Å². The highest BCUT2D eigenvalue weighted by molar-refractivity contribution is 5.94. The van der Waals surface area contributed by atoms with E-state index in [-0.39, 0.29) is 17.2 Å². The summed E-state index contributed by atoms with van der Waals surface area (Å²) in [6, 6.07) is 4.93. The summed E-state index contributed by atoms with van der Waals surface area (Å²) < 4.78 is 39.9. The first-order chi connectivity index (χ1) is 9.04. The number of hydrogen-bond acceptors (Lipinski definition) is 2. The minimum atomic E-state index is -4.73. The molecule has 1 aromatic rings. The molecule has 0 aliphatic heterocycles. The van der Waals surface area contributed by atoms with Gasteiger partial charge in [-0.3, -0.25) is 4.79 Å². The highest BCUT2D eigenvalue weighted by atomic mass is 19.4. The quantitative estimate of drug-likeness (QED) is 0.846. The molecular weight excluding hydrogens is 271 g/mol. The van der Waals surface area contributed by atoms with Crippen molar-refractivity contribution in [2.24, 2.45) is 0 Å². The summed E-state index contributed by atoms with van der Waals surface area (Å²) in [6.45, 7) is 8.06. The Morgan fingerprint density at radius 3 is 2.00 bits per heavy atom. The molecule has 0 radical (unpaired) electrons. The number of rotatable bonds is 3. The molecule has 112 valence electrons. The second-order valence-corrected chi connectivity index (χ2v) is 5.29. The summed E-state index contributed by atoms with van der Waals surface area (Å²) in [6.07, 6.45) is -4.73. The molecule has 0 spiro atoms. The van der Waals surface area contributed by atoms with Crippen molar-refractivity contribution in [3.05, 3.63) is 29.8 Å². The van der Waals surface area contributed by atoms with Crippen LogP contribution in [0, 0.1) is 0 Å². The Balaban J connectivity index is 2.90. The van der Waals surface area contributed by atoms with Crippen LogP contribution in [-0.4, -0.2) is 29.3 Å². The van der Waals surface area contributed by atoms with E-state index in [9.17, 15) is 18.0 Å². The van der Waals surface area contributed by atoms with E-state index in [0.29, 0.717) is 12.1 Å². The van der Waals surface area contributed by atoms with E-state index < -0.39 is 6.36 Å². The van der Waals surface area contributed by atoms with Gasteiger partial charge >= 0.3 is 6.36 Å². The largest absolute Gasteiger partial charge is 0.573 e. The first-order valence-electron chi connectivity index (χ1n) is 6.22. The summed E-state index contributed by atoms with van der Waals surface area (Å²) in [4.78, 5) is 13.9. The fourth-order valence-electron chi connectivity index (χ4n) is 1.88. The molecule has 0 saturated heterocycles. The first kappa shape index (κ1) is 16.3. The molecule has 1 aromatic carbocycles. The molecule has 0 aliphatic carbocycles. The second-order valence-electron chi connectivity index (χ2n) is 5.29. The van der Waals surface area contributed by atoms with Crippen molar-refractivity contribution in [2.45, 2.75) is 39.6 Å². The van der Waals surface area contributed by atoms with Gasteiger partial charge in [0.1, 0.15) is 5.75 Å².